The molecule has 0 saturated carbocycles. The summed E-state index contributed by atoms with van der Waals surface area (Å²) in [5, 5.41) is 11.6. The second-order valence-electron chi connectivity index (χ2n) is 4.94. The fourth-order valence-corrected chi connectivity index (χ4v) is 1.94. The van der Waals surface area contributed by atoms with Gasteiger partial charge in [0.25, 0.3) is 5.56 Å². The van der Waals surface area contributed by atoms with Gasteiger partial charge in [0.1, 0.15) is 0 Å². The third-order valence-electron chi connectivity index (χ3n) is 3.24. The number of carbonyl (C=O) groups is 2. The fraction of sp³-hybridized carbons (Fsp3) is 0.200. The summed E-state index contributed by atoms with van der Waals surface area (Å²) in [4.78, 5) is 47.4. The van der Waals surface area contributed by atoms with E-state index in [0.29, 0.717) is 5.69 Å². The Kier molecular flexibility index (Phi) is 4.75. The summed E-state index contributed by atoms with van der Waals surface area (Å²) < 4.78 is 1.21. The second-order valence-corrected chi connectivity index (χ2v) is 4.94. The van der Waals surface area contributed by atoms with Crippen molar-refractivity contribution in [2.24, 2.45) is 0 Å². The molecule has 0 aliphatic rings. The number of carboxylic acids is 1. The first-order chi connectivity index (χ1) is 10.9. The van der Waals surface area contributed by atoms with Crippen LogP contribution < -0.4 is 16.6 Å². The van der Waals surface area contributed by atoms with Crippen LogP contribution in [0.2, 0.25) is 0 Å². The first-order valence-corrected chi connectivity index (χ1v) is 6.80. The van der Waals surface area contributed by atoms with E-state index in [1.807, 2.05) is 0 Å². The number of carboxylic acid groups (broad SMARTS) is 1. The van der Waals surface area contributed by atoms with Gasteiger partial charge in [0.15, 0.2) is 0 Å². The number of carbonyl (C=O) groups excluding carboxylic acids is 1. The number of amides is 1. The monoisotopic (exact) mass is 317 g/mol. The zero-order chi connectivity index (χ0) is 17.0. The van der Waals surface area contributed by atoms with E-state index in [4.69, 9.17) is 5.11 Å². The molecule has 8 nitrogen and oxygen atoms in total. The molecule has 3 N–H and O–H groups in total. The Morgan fingerprint density at radius 1 is 1.26 bits per heavy atom. The van der Waals surface area contributed by atoms with E-state index in [2.05, 4.69) is 10.3 Å². The molecule has 0 radical (unpaired) electrons. The minimum absolute atomic E-state index is 0.00267. The van der Waals surface area contributed by atoms with Crippen LogP contribution in [0.4, 0.5) is 5.69 Å². The summed E-state index contributed by atoms with van der Waals surface area (Å²) in [5.74, 6) is -1.45. The highest BCUT2D eigenvalue weighted by Crippen LogP contribution is 2.17. The number of benzene rings is 1. The molecule has 1 heterocycles. The number of nitrogens with zero attached hydrogens (tertiary/aromatic N) is 1. The molecule has 1 amide bonds. The largest absolute Gasteiger partial charge is 0.478 e. The molecule has 0 spiro atoms. The molecule has 23 heavy (non-hydrogen) atoms. The molecular formula is C15H15N3O5. The Bertz CT molecular complexity index is 866. The van der Waals surface area contributed by atoms with Crippen molar-refractivity contribution in [1.29, 1.82) is 0 Å². The molecular weight excluding hydrogens is 302 g/mol. The maximum atomic E-state index is 12.0. The topological polar surface area (TPSA) is 121 Å². The van der Waals surface area contributed by atoms with Gasteiger partial charge in [-0.3, -0.25) is 14.6 Å². The minimum atomic E-state index is -1.08. The maximum absolute atomic E-state index is 12.0. The van der Waals surface area contributed by atoms with Crippen molar-refractivity contribution in [2.45, 2.75) is 19.9 Å². The summed E-state index contributed by atoms with van der Waals surface area (Å²) in [5.41, 5.74) is 0.113. The van der Waals surface area contributed by atoms with E-state index in [-0.39, 0.29) is 24.4 Å². The third kappa shape index (κ3) is 4.16. The Balaban J connectivity index is 2.05. The van der Waals surface area contributed by atoms with Gasteiger partial charge in [0.05, 0.1) is 5.56 Å². The van der Waals surface area contributed by atoms with Crippen LogP contribution in [0.1, 0.15) is 22.3 Å². The van der Waals surface area contributed by atoms with Gasteiger partial charge in [-0.15, -0.1) is 0 Å². The second kappa shape index (κ2) is 6.73. The van der Waals surface area contributed by atoms with Gasteiger partial charge in [-0.25, -0.2) is 9.59 Å². The van der Waals surface area contributed by atoms with Crippen LogP contribution >= 0.6 is 0 Å². The lowest BCUT2D eigenvalue weighted by Crippen LogP contribution is -2.29. The maximum Gasteiger partial charge on any atom is 0.335 e. The standard InChI is InChI=1S/C15H15N3O5/c1-9-2-3-10(14(21)22)8-11(9)16-12(19)4-6-18-7-5-13(20)17-15(18)23/h2-3,5,7-8H,4,6H2,1H3,(H,16,19)(H,21,22)(H,17,20,23). The smallest absolute Gasteiger partial charge is 0.335 e. The van der Waals surface area contributed by atoms with Gasteiger partial charge in [0.2, 0.25) is 5.91 Å². The van der Waals surface area contributed by atoms with E-state index in [1.165, 1.54) is 29.0 Å². The van der Waals surface area contributed by atoms with E-state index in [1.54, 1.807) is 13.0 Å². The number of aromatic amines is 1. The van der Waals surface area contributed by atoms with Gasteiger partial charge < -0.3 is 15.0 Å². The summed E-state index contributed by atoms with van der Waals surface area (Å²) in [6, 6.07) is 5.63. The zero-order valence-electron chi connectivity index (χ0n) is 12.3. The van der Waals surface area contributed by atoms with Crippen LogP contribution in [0.3, 0.4) is 0 Å². The van der Waals surface area contributed by atoms with Crippen LogP contribution in [0, 0.1) is 6.92 Å². The lowest BCUT2D eigenvalue weighted by Gasteiger charge is -2.10. The van der Waals surface area contributed by atoms with Crippen LogP contribution in [0.25, 0.3) is 0 Å². The SMILES string of the molecule is Cc1ccc(C(=O)O)cc1NC(=O)CCn1ccc(=O)[nH]c1=O. The van der Waals surface area contributed by atoms with Gasteiger partial charge in [-0.1, -0.05) is 6.07 Å². The van der Waals surface area contributed by atoms with Gasteiger partial charge >= 0.3 is 11.7 Å². The van der Waals surface area contributed by atoms with Gasteiger partial charge in [0, 0.05) is 30.9 Å². The highest BCUT2D eigenvalue weighted by Gasteiger charge is 2.09. The number of hydrogen-bond donors (Lipinski definition) is 3. The molecule has 0 bridgehead atoms. The number of aryl methyl sites for hydroxylation is 2. The molecule has 0 atom stereocenters. The highest BCUT2D eigenvalue weighted by atomic mass is 16.4. The van der Waals surface area contributed by atoms with Gasteiger partial charge in [-0.2, -0.15) is 0 Å². The van der Waals surface area contributed by atoms with Crippen LogP contribution in [0.15, 0.2) is 40.1 Å². The third-order valence-corrected chi connectivity index (χ3v) is 3.24. The quantitative estimate of drug-likeness (QED) is 0.744. The first-order valence-electron chi connectivity index (χ1n) is 6.80. The van der Waals surface area contributed by atoms with E-state index in [0.717, 1.165) is 5.56 Å². The molecule has 2 aromatic rings. The Morgan fingerprint density at radius 3 is 2.65 bits per heavy atom. The molecule has 0 aliphatic heterocycles. The van der Waals surface area contributed by atoms with Crippen molar-refractivity contribution in [3.05, 3.63) is 62.4 Å². The first kappa shape index (κ1) is 16.2. The van der Waals surface area contributed by atoms with Crippen molar-refractivity contribution in [3.8, 4) is 0 Å². The molecule has 2 rings (SSSR count). The van der Waals surface area contributed by atoms with E-state index in [9.17, 15) is 19.2 Å². The normalized spacial score (nSPS) is 10.3. The molecule has 120 valence electrons. The van der Waals surface area contributed by atoms with Crippen molar-refractivity contribution in [2.75, 3.05) is 5.32 Å². The lowest BCUT2D eigenvalue weighted by molar-refractivity contribution is -0.116. The summed E-state index contributed by atoms with van der Waals surface area (Å²) in [6.07, 6.45) is 1.31. The molecule has 0 aliphatic carbocycles. The number of aromatic nitrogens is 2. The predicted molar refractivity (Wildman–Crippen MR) is 82.7 cm³/mol. The zero-order valence-corrected chi connectivity index (χ0v) is 12.3. The Labute approximate surface area is 130 Å². The van der Waals surface area contributed by atoms with E-state index >= 15 is 0 Å². The number of hydrogen-bond acceptors (Lipinski definition) is 4. The van der Waals surface area contributed by atoms with Crippen molar-refractivity contribution >= 4 is 17.6 Å². The molecule has 0 unspecified atom stereocenters. The Hall–Kier alpha value is -3.16. The summed E-state index contributed by atoms with van der Waals surface area (Å²) in [6.45, 7) is 1.84. The molecule has 1 aromatic heterocycles. The highest BCUT2D eigenvalue weighted by molar-refractivity contribution is 5.94. The van der Waals surface area contributed by atoms with Crippen LogP contribution in [-0.4, -0.2) is 26.5 Å². The average Bonchev–Trinajstić information content (AvgIpc) is 2.48. The fourth-order valence-electron chi connectivity index (χ4n) is 1.94. The number of rotatable bonds is 5. The minimum Gasteiger partial charge on any atom is -0.478 e. The number of nitrogens with one attached hydrogen (secondary N) is 2. The van der Waals surface area contributed by atoms with Crippen molar-refractivity contribution in [1.82, 2.24) is 9.55 Å². The van der Waals surface area contributed by atoms with E-state index < -0.39 is 17.2 Å². The predicted octanol–water partition coefficient (Wildman–Crippen LogP) is 0.572. The van der Waals surface area contributed by atoms with Gasteiger partial charge in [-0.05, 0) is 24.6 Å². The van der Waals surface area contributed by atoms with Crippen molar-refractivity contribution < 1.29 is 14.7 Å². The lowest BCUT2D eigenvalue weighted by atomic mass is 10.1. The Morgan fingerprint density at radius 2 is 2.00 bits per heavy atom. The average molecular weight is 317 g/mol. The molecule has 1 aromatic carbocycles. The number of H-pyrrole nitrogens is 1. The number of aromatic carboxylic acids is 1. The summed E-state index contributed by atoms with van der Waals surface area (Å²) in [7, 11) is 0. The molecule has 0 saturated heterocycles. The van der Waals surface area contributed by atoms with Crippen molar-refractivity contribution in [3.63, 3.8) is 0 Å². The number of anilines is 1. The van der Waals surface area contributed by atoms with Crippen LogP contribution in [-0.2, 0) is 11.3 Å². The van der Waals surface area contributed by atoms with Crippen LogP contribution in [0.5, 0.6) is 0 Å². The summed E-state index contributed by atoms with van der Waals surface area (Å²) >= 11 is 0. The molecule has 0 fully saturated rings. The molecule has 8 heteroatoms.